The van der Waals surface area contributed by atoms with Crippen molar-refractivity contribution in [3.05, 3.63) is 93.9 Å². The van der Waals surface area contributed by atoms with Crippen molar-refractivity contribution >= 4 is 11.6 Å². The van der Waals surface area contributed by atoms with Gasteiger partial charge in [-0.05, 0) is 18.2 Å². The van der Waals surface area contributed by atoms with Gasteiger partial charge in [-0.2, -0.15) is 0 Å². The number of carbonyl (C=O) groups excluding carboxylic acids is 1. The number of furan rings is 1. The highest BCUT2D eigenvalue weighted by atomic mass is 16.6. The molecule has 0 radical (unpaired) electrons. The lowest BCUT2D eigenvalue weighted by atomic mass is 10.1. The third-order valence-corrected chi connectivity index (χ3v) is 4.16. The summed E-state index contributed by atoms with van der Waals surface area (Å²) < 4.78 is 5.33. The third kappa shape index (κ3) is 4.52. The third-order valence-electron chi connectivity index (χ3n) is 4.16. The van der Waals surface area contributed by atoms with Gasteiger partial charge in [0, 0.05) is 23.7 Å². The van der Waals surface area contributed by atoms with E-state index in [0.29, 0.717) is 16.9 Å². The lowest BCUT2D eigenvalue weighted by Gasteiger charge is -2.22. The van der Waals surface area contributed by atoms with Crippen LogP contribution in [-0.4, -0.2) is 20.8 Å². The first-order valence-corrected chi connectivity index (χ1v) is 8.34. The summed E-state index contributed by atoms with van der Waals surface area (Å²) in [6.07, 6.45) is 1.39. The first-order chi connectivity index (χ1) is 13.0. The standard InChI is InChI=1S/C20H18N2O5/c23-19-10-4-2-7-16(19)13-21(14-17-8-5-11-27-17)20(24)12-15-6-1-3-9-18(15)22(25)26/h1-11,23H,12-14H2. The molecule has 7 heteroatoms. The molecule has 27 heavy (non-hydrogen) atoms. The quantitative estimate of drug-likeness (QED) is 0.508. The minimum atomic E-state index is -0.498. The van der Waals surface area contributed by atoms with Crippen LogP contribution in [0.5, 0.6) is 5.75 Å². The number of para-hydroxylation sites is 2. The molecule has 1 aromatic heterocycles. The number of carbonyl (C=O) groups is 1. The van der Waals surface area contributed by atoms with E-state index in [-0.39, 0.29) is 36.9 Å². The summed E-state index contributed by atoms with van der Waals surface area (Å²) >= 11 is 0. The van der Waals surface area contributed by atoms with E-state index in [9.17, 15) is 20.0 Å². The van der Waals surface area contributed by atoms with Gasteiger partial charge in [-0.3, -0.25) is 14.9 Å². The molecule has 3 rings (SSSR count). The summed E-state index contributed by atoms with van der Waals surface area (Å²) in [5.74, 6) is 0.366. The van der Waals surface area contributed by atoms with Crippen LogP contribution in [0, 0.1) is 10.1 Å². The van der Waals surface area contributed by atoms with Gasteiger partial charge in [0.1, 0.15) is 11.5 Å². The normalized spacial score (nSPS) is 10.5. The molecule has 7 nitrogen and oxygen atoms in total. The summed E-state index contributed by atoms with van der Waals surface area (Å²) in [6, 6.07) is 16.4. The van der Waals surface area contributed by atoms with Crippen LogP contribution >= 0.6 is 0 Å². The topological polar surface area (TPSA) is 96.8 Å². The van der Waals surface area contributed by atoms with Crippen molar-refractivity contribution in [2.75, 3.05) is 0 Å². The molecule has 1 N–H and O–H groups in total. The molecule has 0 saturated carbocycles. The Hall–Kier alpha value is -3.61. The van der Waals surface area contributed by atoms with Gasteiger partial charge in [0.05, 0.1) is 24.2 Å². The first-order valence-electron chi connectivity index (χ1n) is 8.34. The van der Waals surface area contributed by atoms with E-state index >= 15 is 0 Å². The van der Waals surface area contributed by atoms with Gasteiger partial charge < -0.3 is 14.4 Å². The van der Waals surface area contributed by atoms with Gasteiger partial charge in [-0.1, -0.05) is 36.4 Å². The number of aromatic hydroxyl groups is 1. The number of hydrogen-bond donors (Lipinski definition) is 1. The molecule has 138 valence electrons. The van der Waals surface area contributed by atoms with E-state index < -0.39 is 4.92 Å². The molecule has 2 aromatic carbocycles. The fourth-order valence-electron chi connectivity index (χ4n) is 2.79. The number of rotatable bonds is 7. The van der Waals surface area contributed by atoms with Crippen LogP contribution < -0.4 is 0 Å². The van der Waals surface area contributed by atoms with E-state index in [1.54, 1.807) is 54.6 Å². The predicted octanol–water partition coefficient (Wildman–Crippen LogP) is 3.66. The number of nitro groups is 1. The minimum absolute atomic E-state index is 0.0837. The van der Waals surface area contributed by atoms with E-state index in [0.717, 1.165) is 0 Å². The fraction of sp³-hybridized carbons (Fsp3) is 0.150. The van der Waals surface area contributed by atoms with E-state index in [2.05, 4.69) is 0 Å². The van der Waals surface area contributed by atoms with Gasteiger partial charge in [0.15, 0.2) is 0 Å². The number of hydrogen-bond acceptors (Lipinski definition) is 5. The second kappa shape index (κ2) is 8.18. The van der Waals surface area contributed by atoms with Crippen molar-refractivity contribution in [2.24, 2.45) is 0 Å². The summed E-state index contributed by atoms with van der Waals surface area (Å²) in [5, 5.41) is 21.2. The van der Waals surface area contributed by atoms with Gasteiger partial charge in [-0.25, -0.2) is 0 Å². The van der Waals surface area contributed by atoms with E-state index in [1.165, 1.54) is 17.2 Å². The highest BCUT2D eigenvalue weighted by Crippen LogP contribution is 2.22. The SMILES string of the molecule is O=C(Cc1ccccc1[N+](=O)[O-])N(Cc1ccco1)Cc1ccccc1O. The minimum Gasteiger partial charge on any atom is -0.508 e. The Balaban J connectivity index is 1.84. The van der Waals surface area contributed by atoms with Crippen molar-refractivity contribution in [3.8, 4) is 5.75 Å². The van der Waals surface area contributed by atoms with Crippen LogP contribution in [0.4, 0.5) is 5.69 Å². The Labute approximate surface area is 155 Å². The molecule has 0 bridgehead atoms. The summed E-state index contributed by atoms with van der Waals surface area (Å²) in [5.41, 5.74) is 0.834. The highest BCUT2D eigenvalue weighted by Gasteiger charge is 2.21. The Morgan fingerprint density at radius 3 is 2.37 bits per heavy atom. The molecular weight excluding hydrogens is 348 g/mol. The Morgan fingerprint density at radius 1 is 1.00 bits per heavy atom. The summed E-state index contributed by atoms with van der Waals surface area (Å²) in [6.45, 7) is 0.355. The van der Waals surface area contributed by atoms with Crippen LogP contribution in [0.2, 0.25) is 0 Å². The molecule has 0 fully saturated rings. The van der Waals surface area contributed by atoms with Crippen molar-refractivity contribution in [2.45, 2.75) is 19.5 Å². The molecule has 0 aliphatic rings. The zero-order valence-corrected chi connectivity index (χ0v) is 14.4. The van der Waals surface area contributed by atoms with Crippen molar-refractivity contribution in [1.82, 2.24) is 4.90 Å². The molecule has 1 heterocycles. The summed E-state index contributed by atoms with van der Waals surface area (Å²) in [4.78, 5) is 25.1. The first kappa shape index (κ1) is 18.2. The number of benzene rings is 2. The maximum absolute atomic E-state index is 12.9. The Bertz CT molecular complexity index is 937. The van der Waals surface area contributed by atoms with Gasteiger partial charge >= 0.3 is 0 Å². The number of phenols is 1. The second-order valence-electron chi connectivity index (χ2n) is 6.02. The van der Waals surface area contributed by atoms with Crippen molar-refractivity contribution in [3.63, 3.8) is 0 Å². The predicted molar refractivity (Wildman–Crippen MR) is 97.9 cm³/mol. The molecule has 0 aliphatic carbocycles. The van der Waals surface area contributed by atoms with Crippen LogP contribution in [-0.2, 0) is 24.3 Å². The molecule has 0 spiro atoms. The molecule has 1 amide bonds. The van der Waals surface area contributed by atoms with Crippen molar-refractivity contribution < 1.29 is 19.2 Å². The van der Waals surface area contributed by atoms with Crippen LogP contribution in [0.25, 0.3) is 0 Å². The largest absolute Gasteiger partial charge is 0.508 e. The fourth-order valence-corrected chi connectivity index (χ4v) is 2.79. The molecule has 0 saturated heterocycles. The van der Waals surface area contributed by atoms with Gasteiger partial charge in [-0.15, -0.1) is 0 Å². The Morgan fingerprint density at radius 2 is 1.70 bits per heavy atom. The van der Waals surface area contributed by atoms with Crippen LogP contribution in [0.1, 0.15) is 16.9 Å². The lowest BCUT2D eigenvalue weighted by Crippen LogP contribution is -2.31. The summed E-state index contributed by atoms with van der Waals surface area (Å²) in [7, 11) is 0. The molecule has 0 atom stereocenters. The monoisotopic (exact) mass is 366 g/mol. The number of amides is 1. The number of phenolic OH excluding ortho intramolecular Hbond substituents is 1. The van der Waals surface area contributed by atoms with Gasteiger partial charge in [0.2, 0.25) is 5.91 Å². The number of nitro benzene ring substituents is 1. The molecule has 0 unspecified atom stereocenters. The van der Waals surface area contributed by atoms with Crippen LogP contribution in [0.15, 0.2) is 71.3 Å². The highest BCUT2D eigenvalue weighted by molar-refractivity contribution is 5.80. The van der Waals surface area contributed by atoms with E-state index in [4.69, 9.17) is 4.42 Å². The van der Waals surface area contributed by atoms with Crippen molar-refractivity contribution in [1.29, 1.82) is 0 Å². The molecule has 3 aromatic rings. The average Bonchev–Trinajstić information content (AvgIpc) is 3.16. The van der Waals surface area contributed by atoms with Crippen LogP contribution in [0.3, 0.4) is 0 Å². The second-order valence-corrected chi connectivity index (χ2v) is 6.02. The lowest BCUT2D eigenvalue weighted by molar-refractivity contribution is -0.385. The zero-order chi connectivity index (χ0) is 19.2. The zero-order valence-electron chi connectivity index (χ0n) is 14.4. The van der Waals surface area contributed by atoms with Gasteiger partial charge in [0.25, 0.3) is 5.69 Å². The Kier molecular flexibility index (Phi) is 5.51. The number of nitrogens with zero attached hydrogens (tertiary/aromatic N) is 2. The smallest absolute Gasteiger partial charge is 0.273 e. The van der Waals surface area contributed by atoms with E-state index in [1.807, 2.05) is 0 Å². The maximum atomic E-state index is 12.9. The molecular formula is C20H18N2O5. The molecule has 0 aliphatic heterocycles. The average molecular weight is 366 g/mol. The maximum Gasteiger partial charge on any atom is 0.273 e.